The molecular formula is C32H57BrN6O7. The van der Waals surface area contributed by atoms with E-state index < -0.39 is 11.9 Å². The summed E-state index contributed by atoms with van der Waals surface area (Å²) in [6.45, 7) is 1.62. The van der Waals surface area contributed by atoms with Gasteiger partial charge in [-0.1, -0.05) is 93.0 Å². The minimum absolute atomic E-state index is 0.0390. The average molecular weight is 718 g/mol. The van der Waals surface area contributed by atoms with Crippen LogP contribution in [0.2, 0.25) is 0 Å². The number of rotatable bonds is 33. The summed E-state index contributed by atoms with van der Waals surface area (Å²) in [4.78, 5) is 46.7. The molecule has 46 heavy (non-hydrogen) atoms. The normalized spacial score (nSPS) is 11.8. The molecule has 1 atom stereocenters. The van der Waals surface area contributed by atoms with Crippen molar-refractivity contribution < 1.29 is 33.8 Å². The van der Waals surface area contributed by atoms with Gasteiger partial charge in [0.25, 0.3) is 0 Å². The van der Waals surface area contributed by atoms with Crippen LogP contribution in [0.3, 0.4) is 0 Å². The summed E-state index contributed by atoms with van der Waals surface area (Å²) in [6.07, 6.45) is 18.9. The van der Waals surface area contributed by atoms with Crippen LogP contribution >= 0.6 is 15.9 Å². The molecule has 1 rings (SSSR count). The van der Waals surface area contributed by atoms with Gasteiger partial charge in [0, 0.05) is 32.4 Å². The van der Waals surface area contributed by atoms with Gasteiger partial charge >= 0.3 is 5.97 Å². The monoisotopic (exact) mass is 716 g/mol. The molecule has 2 amide bonds. The lowest BCUT2D eigenvalue weighted by Gasteiger charge is -2.12. The number of unbranched alkanes of at least 4 members (excludes halogenated alkanes) is 13. The number of ketones is 1. The third-order valence-electron chi connectivity index (χ3n) is 7.66. The molecule has 0 saturated carbocycles. The van der Waals surface area contributed by atoms with Crippen LogP contribution in [0.15, 0.2) is 0 Å². The maximum absolute atomic E-state index is 12.1. The fourth-order valence-corrected chi connectivity index (χ4v) is 5.20. The van der Waals surface area contributed by atoms with Gasteiger partial charge in [-0.2, -0.15) is 0 Å². The van der Waals surface area contributed by atoms with Crippen molar-refractivity contribution >= 4 is 39.5 Å². The number of halogens is 1. The lowest BCUT2D eigenvalue weighted by atomic mass is 9.96. The smallest absolute Gasteiger partial charge is 0.306 e. The number of H-pyrrole nitrogens is 1. The van der Waals surface area contributed by atoms with Crippen LogP contribution in [0, 0.1) is 5.92 Å². The van der Waals surface area contributed by atoms with Crippen LogP contribution in [0.5, 0.6) is 0 Å². The Balaban J connectivity index is 1.82. The lowest BCUT2D eigenvalue weighted by Crippen LogP contribution is -2.27. The molecule has 0 radical (unpaired) electrons. The first-order chi connectivity index (χ1) is 22.4. The van der Waals surface area contributed by atoms with Crippen molar-refractivity contribution in [3.8, 4) is 0 Å². The van der Waals surface area contributed by atoms with Gasteiger partial charge in [-0.25, -0.2) is 5.10 Å². The zero-order valence-corrected chi connectivity index (χ0v) is 29.2. The Hall–Kier alpha value is -2.45. The molecule has 0 aliphatic rings. The minimum Gasteiger partial charge on any atom is -0.481 e. The van der Waals surface area contributed by atoms with E-state index in [0.29, 0.717) is 45.4 Å². The Morgan fingerprint density at radius 3 is 1.96 bits per heavy atom. The number of hydrogen-bond donors (Lipinski definition) is 4. The van der Waals surface area contributed by atoms with E-state index in [1.807, 2.05) is 0 Å². The maximum Gasteiger partial charge on any atom is 0.306 e. The van der Waals surface area contributed by atoms with Crippen molar-refractivity contribution in [2.24, 2.45) is 5.92 Å². The highest BCUT2D eigenvalue weighted by molar-refractivity contribution is 9.09. The van der Waals surface area contributed by atoms with Gasteiger partial charge in [-0.3, -0.25) is 19.2 Å². The van der Waals surface area contributed by atoms with Gasteiger partial charge < -0.3 is 25.2 Å². The van der Waals surface area contributed by atoms with Crippen LogP contribution in [-0.4, -0.2) is 94.1 Å². The molecule has 0 aromatic carbocycles. The second-order valence-electron chi connectivity index (χ2n) is 11.7. The predicted molar refractivity (Wildman–Crippen MR) is 179 cm³/mol. The Kier molecular flexibility index (Phi) is 27.0. The number of aryl methyl sites for hydroxylation is 1. The number of carboxylic acids is 1. The number of tetrazole rings is 1. The molecule has 13 nitrogen and oxygen atoms in total. The fourth-order valence-electron chi connectivity index (χ4n) is 5.00. The van der Waals surface area contributed by atoms with E-state index in [-0.39, 0.29) is 49.2 Å². The highest BCUT2D eigenvalue weighted by Gasteiger charge is 2.20. The number of aliphatic carboxylic acids is 1. The zero-order valence-electron chi connectivity index (χ0n) is 27.6. The van der Waals surface area contributed by atoms with Crippen molar-refractivity contribution in [2.45, 2.75) is 122 Å². The summed E-state index contributed by atoms with van der Waals surface area (Å²) < 4.78 is 10.8. The van der Waals surface area contributed by atoms with E-state index in [4.69, 9.17) is 9.47 Å². The van der Waals surface area contributed by atoms with E-state index in [0.717, 1.165) is 31.5 Å². The number of aromatic amines is 1. The number of nitrogens with one attached hydrogen (secondary N) is 3. The summed E-state index contributed by atoms with van der Waals surface area (Å²) in [5, 5.41) is 29.1. The van der Waals surface area contributed by atoms with Crippen molar-refractivity contribution in [2.75, 3.05) is 44.8 Å². The van der Waals surface area contributed by atoms with Crippen LogP contribution in [0.25, 0.3) is 0 Å². The van der Waals surface area contributed by atoms with Crippen molar-refractivity contribution in [1.29, 1.82) is 0 Å². The number of alkyl halides is 1. The predicted octanol–water partition coefficient (Wildman–Crippen LogP) is 4.69. The summed E-state index contributed by atoms with van der Waals surface area (Å²) >= 11 is 3.06. The van der Waals surface area contributed by atoms with E-state index in [1.165, 1.54) is 64.2 Å². The van der Waals surface area contributed by atoms with E-state index in [2.05, 4.69) is 47.2 Å². The Bertz CT molecular complexity index is 923. The number of nitrogens with zero attached hydrogens (tertiary/aromatic N) is 3. The van der Waals surface area contributed by atoms with Gasteiger partial charge in [-0.15, -0.1) is 5.10 Å². The van der Waals surface area contributed by atoms with Gasteiger partial charge in [0.15, 0.2) is 5.78 Å². The number of hydrogen-bond acceptors (Lipinski definition) is 9. The van der Waals surface area contributed by atoms with Crippen molar-refractivity contribution in [3.63, 3.8) is 0 Å². The summed E-state index contributed by atoms with van der Waals surface area (Å²) in [5.74, 6) is -1.22. The zero-order chi connectivity index (χ0) is 33.5. The highest BCUT2D eigenvalue weighted by Crippen LogP contribution is 2.15. The molecule has 0 aliphatic heterocycles. The Morgan fingerprint density at radius 2 is 1.35 bits per heavy atom. The summed E-state index contributed by atoms with van der Waals surface area (Å²) in [5.41, 5.74) is 0. The largest absolute Gasteiger partial charge is 0.481 e. The molecule has 0 fully saturated rings. The molecule has 264 valence electrons. The van der Waals surface area contributed by atoms with Crippen molar-refractivity contribution in [3.05, 3.63) is 5.82 Å². The minimum atomic E-state index is -1.00. The van der Waals surface area contributed by atoms with E-state index in [9.17, 15) is 24.3 Å². The van der Waals surface area contributed by atoms with Crippen molar-refractivity contribution in [1.82, 2.24) is 31.3 Å². The van der Waals surface area contributed by atoms with Gasteiger partial charge in [0.1, 0.15) is 12.4 Å². The number of carboxylic acid groups (broad SMARTS) is 1. The Labute approximate surface area is 282 Å². The highest BCUT2D eigenvalue weighted by atomic mass is 79.9. The van der Waals surface area contributed by atoms with Crippen LogP contribution in [0.4, 0.5) is 0 Å². The molecule has 0 spiro atoms. The SMILES string of the molecule is O=C(COCCOCCNC(=O)CCCCCCCCCCCCCCCc1nnn[nH]1)CC(CCCCNC(=O)CBr)C(=O)O. The molecule has 0 aliphatic carbocycles. The molecule has 1 aromatic heterocycles. The number of carbonyl (C=O) groups excluding carboxylic acids is 3. The third-order valence-corrected chi connectivity index (χ3v) is 8.17. The number of carbonyl (C=O) groups is 4. The second-order valence-corrected chi connectivity index (χ2v) is 12.3. The molecule has 0 bridgehead atoms. The molecule has 4 N–H and O–H groups in total. The molecule has 0 saturated heterocycles. The number of ether oxygens (including phenoxy) is 2. The fraction of sp³-hybridized carbons (Fsp3) is 0.844. The molecule has 1 heterocycles. The van der Waals surface area contributed by atoms with E-state index >= 15 is 0 Å². The molecule has 1 unspecified atom stereocenters. The second kappa shape index (κ2) is 29.9. The quantitative estimate of drug-likeness (QED) is 0.0587. The third kappa shape index (κ3) is 25.7. The average Bonchev–Trinajstić information content (AvgIpc) is 3.56. The van der Waals surface area contributed by atoms with Crippen LogP contribution in [-0.2, 0) is 35.1 Å². The van der Waals surface area contributed by atoms with Gasteiger partial charge in [0.05, 0.1) is 31.1 Å². The first-order valence-corrected chi connectivity index (χ1v) is 18.3. The van der Waals surface area contributed by atoms with E-state index in [1.54, 1.807) is 0 Å². The standard InChI is InChI=1S/C32H57BrN6O7/c33-25-31(42)34-19-15-14-16-27(32(43)44)24-28(40)26-46-23-22-45-21-20-35-30(41)18-13-11-9-7-5-3-1-2-4-6-8-10-12-17-29-36-38-39-37-29/h27H,1-26H2,(H,34,42)(H,35,41)(H,43,44)(H,36,37,38,39). The van der Waals surface area contributed by atoms with Crippen LogP contribution < -0.4 is 10.6 Å². The number of aromatic nitrogens is 4. The van der Waals surface area contributed by atoms with Gasteiger partial charge in [0.2, 0.25) is 11.8 Å². The number of Topliss-reactive ketones (excluding diaryl/α,β-unsaturated/α-hetero) is 1. The first-order valence-electron chi connectivity index (χ1n) is 17.1. The maximum atomic E-state index is 12.1. The summed E-state index contributed by atoms with van der Waals surface area (Å²) in [7, 11) is 0. The van der Waals surface area contributed by atoms with Gasteiger partial charge in [-0.05, 0) is 36.1 Å². The number of amides is 2. The molecular weight excluding hydrogens is 660 g/mol. The Morgan fingerprint density at radius 1 is 0.739 bits per heavy atom. The van der Waals surface area contributed by atoms with Crippen LogP contribution in [0.1, 0.15) is 121 Å². The summed E-state index contributed by atoms with van der Waals surface area (Å²) in [6, 6.07) is 0. The topological polar surface area (TPSA) is 185 Å². The lowest BCUT2D eigenvalue weighted by molar-refractivity contribution is -0.144. The molecule has 14 heteroatoms. The first kappa shape index (κ1) is 41.6. The molecule has 1 aromatic rings.